The van der Waals surface area contributed by atoms with Crippen molar-refractivity contribution in [2.24, 2.45) is 0 Å². The summed E-state index contributed by atoms with van der Waals surface area (Å²) in [6.45, 7) is 3.14. The molecule has 0 N–H and O–H groups in total. The van der Waals surface area contributed by atoms with E-state index in [9.17, 15) is 9.59 Å². The minimum absolute atomic E-state index is 0.0785. The summed E-state index contributed by atoms with van der Waals surface area (Å²) in [5.41, 5.74) is 4.31. The van der Waals surface area contributed by atoms with E-state index in [0.717, 1.165) is 27.3 Å². The molecule has 3 aromatic carbocycles. The summed E-state index contributed by atoms with van der Waals surface area (Å²) in [5.74, 6) is 6.34. The highest BCUT2D eigenvalue weighted by Gasteiger charge is 2.01. The van der Waals surface area contributed by atoms with Crippen LogP contribution in [-0.4, -0.2) is 10.2 Å². The van der Waals surface area contributed by atoms with Crippen molar-refractivity contribution in [2.75, 3.05) is 0 Å². The molecule has 0 aliphatic carbocycles. The minimum Gasteiger partial charge on any atom is -0.287 e. The second-order valence-electron chi connectivity index (χ2n) is 6.48. The van der Waals surface area contributed by atoms with E-state index in [-0.39, 0.29) is 10.2 Å². The van der Waals surface area contributed by atoms with Gasteiger partial charge in [0.15, 0.2) is 10.2 Å². The van der Waals surface area contributed by atoms with E-state index >= 15 is 0 Å². The first kappa shape index (κ1) is 21.0. The molecule has 3 rings (SSSR count). The third-order valence-electron chi connectivity index (χ3n) is 4.01. The molecule has 0 radical (unpaired) electrons. The molecule has 0 atom stereocenters. The first-order valence-electron chi connectivity index (χ1n) is 9.15. The van der Waals surface area contributed by atoms with Gasteiger partial charge in [-0.25, -0.2) is 0 Å². The molecule has 3 aromatic rings. The van der Waals surface area contributed by atoms with Gasteiger partial charge < -0.3 is 0 Å². The summed E-state index contributed by atoms with van der Waals surface area (Å²) in [6, 6.07) is 24.0. The van der Waals surface area contributed by atoms with Crippen molar-refractivity contribution < 1.29 is 9.59 Å². The Bertz CT molecular complexity index is 1060. The molecule has 0 heterocycles. The number of hydrogen-bond acceptors (Lipinski definition) is 4. The predicted molar refractivity (Wildman–Crippen MR) is 121 cm³/mol. The van der Waals surface area contributed by atoms with Gasteiger partial charge >= 0.3 is 0 Å². The van der Waals surface area contributed by atoms with E-state index in [2.05, 4.69) is 36.1 Å². The number of rotatable bonds is 4. The maximum atomic E-state index is 11.2. The molecular weight excluding hydrogens is 396 g/mol. The molecule has 0 unspecified atom stereocenters. The molecule has 0 aromatic heterocycles. The van der Waals surface area contributed by atoms with Gasteiger partial charge in [0.2, 0.25) is 0 Å². The Morgan fingerprint density at radius 1 is 0.621 bits per heavy atom. The van der Waals surface area contributed by atoms with Crippen molar-refractivity contribution in [2.45, 2.75) is 30.1 Å². The van der Waals surface area contributed by atoms with Gasteiger partial charge in [0, 0.05) is 34.8 Å². The van der Waals surface area contributed by atoms with Crippen LogP contribution >= 0.6 is 23.5 Å². The molecular formula is C25H20O2S2. The molecule has 0 aliphatic heterocycles. The van der Waals surface area contributed by atoms with Crippen LogP contribution in [0.5, 0.6) is 0 Å². The van der Waals surface area contributed by atoms with Crippen molar-refractivity contribution >= 4 is 33.8 Å². The van der Waals surface area contributed by atoms with Gasteiger partial charge in [-0.2, -0.15) is 0 Å². The molecule has 29 heavy (non-hydrogen) atoms. The molecule has 0 amide bonds. The van der Waals surface area contributed by atoms with Crippen molar-refractivity contribution in [1.82, 2.24) is 0 Å². The quantitative estimate of drug-likeness (QED) is 0.388. The van der Waals surface area contributed by atoms with Gasteiger partial charge in [0.25, 0.3) is 0 Å². The highest BCUT2D eigenvalue weighted by molar-refractivity contribution is 8.13. The number of benzene rings is 3. The first-order valence-corrected chi connectivity index (χ1v) is 10.8. The number of thioether (sulfide) groups is 2. The molecule has 2 nitrogen and oxygen atoms in total. The first-order chi connectivity index (χ1) is 14.0. The van der Waals surface area contributed by atoms with E-state index in [1.807, 2.05) is 48.5 Å². The van der Waals surface area contributed by atoms with E-state index in [1.54, 1.807) is 13.8 Å². The summed E-state index contributed by atoms with van der Waals surface area (Å²) in [4.78, 5) is 24.2. The predicted octanol–water partition coefficient (Wildman–Crippen LogP) is 5.95. The van der Waals surface area contributed by atoms with Gasteiger partial charge in [-0.05, 0) is 66.1 Å². The zero-order valence-electron chi connectivity index (χ0n) is 16.3. The van der Waals surface area contributed by atoms with Crippen molar-refractivity contribution in [1.29, 1.82) is 0 Å². The molecule has 0 saturated heterocycles. The Kier molecular flexibility index (Phi) is 7.35. The maximum Gasteiger partial charge on any atom is 0.190 e. The van der Waals surface area contributed by atoms with Crippen LogP contribution in [-0.2, 0) is 16.0 Å². The Morgan fingerprint density at radius 2 is 0.966 bits per heavy atom. The van der Waals surface area contributed by atoms with Crippen LogP contribution in [0, 0.1) is 11.8 Å². The Balaban J connectivity index is 1.61. The summed E-state index contributed by atoms with van der Waals surface area (Å²) in [7, 11) is 0. The van der Waals surface area contributed by atoms with Crippen LogP contribution < -0.4 is 0 Å². The Hall–Kier alpha value is -2.74. The van der Waals surface area contributed by atoms with Crippen LogP contribution in [0.25, 0.3) is 0 Å². The molecule has 0 spiro atoms. The standard InChI is InChI=1S/C25H20O2S2/c1-18(26)28-24-13-9-21(10-14-24)4-3-20-5-7-22(8-6-20)17-23-11-15-25(16-12-23)29-19(2)27/h5-16H,17H2,1-2H3. The highest BCUT2D eigenvalue weighted by atomic mass is 32.2. The van der Waals surface area contributed by atoms with Crippen molar-refractivity contribution in [3.63, 3.8) is 0 Å². The van der Waals surface area contributed by atoms with E-state index in [0.29, 0.717) is 0 Å². The van der Waals surface area contributed by atoms with Gasteiger partial charge in [0.1, 0.15) is 0 Å². The van der Waals surface area contributed by atoms with Gasteiger partial charge in [-0.1, -0.05) is 59.6 Å². The summed E-state index contributed by atoms with van der Waals surface area (Å²) >= 11 is 2.48. The third-order valence-corrected chi connectivity index (χ3v) is 5.60. The largest absolute Gasteiger partial charge is 0.287 e. The zero-order chi connectivity index (χ0) is 20.6. The smallest absolute Gasteiger partial charge is 0.190 e. The monoisotopic (exact) mass is 416 g/mol. The average Bonchev–Trinajstić information content (AvgIpc) is 2.69. The fourth-order valence-electron chi connectivity index (χ4n) is 2.70. The lowest BCUT2D eigenvalue weighted by Gasteiger charge is -2.04. The van der Waals surface area contributed by atoms with Crippen molar-refractivity contribution in [3.05, 3.63) is 95.1 Å². The second-order valence-corrected chi connectivity index (χ2v) is 8.98. The van der Waals surface area contributed by atoms with E-state index < -0.39 is 0 Å². The Morgan fingerprint density at radius 3 is 1.38 bits per heavy atom. The number of carbonyl (C=O) groups excluding carboxylic acids is 2. The third kappa shape index (κ3) is 6.98. The lowest BCUT2D eigenvalue weighted by molar-refractivity contribution is -0.109. The SMILES string of the molecule is CC(=O)Sc1ccc(C#Cc2ccc(Cc3ccc(SC(C)=O)cc3)cc2)cc1. The fraction of sp³-hybridized carbons (Fsp3) is 0.120. The van der Waals surface area contributed by atoms with Gasteiger partial charge in [0.05, 0.1) is 0 Å². The second kappa shape index (κ2) is 10.2. The Labute approximate surface area is 180 Å². The highest BCUT2D eigenvalue weighted by Crippen LogP contribution is 2.21. The van der Waals surface area contributed by atoms with E-state index in [4.69, 9.17) is 0 Å². The summed E-state index contributed by atoms with van der Waals surface area (Å²) in [6.07, 6.45) is 0.841. The molecule has 0 bridgehead atoms. The molecule has 0 saturated carbocycles. The average molecular weight is 417 g/mol. The van der Waals surface area contributed by atoms with Crippen LogP contribution in [0.1, 0.15) is 36.1 Å². The van der Waals surface area contributed by atoms with Crippen LogP contribution in [0.4, 0.5) is 0 Å². The molecule has 4 heteroatoms. The van der Waals surface area contributed by atoms with Gasteiger partial charge in [-0.3, -0.25) is 9.59 Å². The number of carbonyl (C=O) groups is 2. The summed E-state index contributed by atoms with van der Waals surface area (Å²) in [5, 5.41) is 0.176. The lowest BCUT2D eigenvalue weighted by Crippen LogP contribution is -1.89. The van der Waals surface area contributed by atoms with E-state index in [1.165, 1.54) is 34.7 Å². The maximum absolute atomic E-state index is 11.2. The van der Waals surface area contributed by atoms with Crippen LogP contribution in [0.3, 0.4) is 0 Å². The zero-order valence-corrected chi connectivity index (χ0v) is 17.9. The topological polar surface area (TPSA) is 34.1 Å². The van der Waals surface area contributed by atoms with Gasteiger partial charge in [-0.15, -0.1) is 0 Å². The normalized spacial score (nSPS) is 10.1. The summed E-state index contributed by atoms with van der Waals surface area (Å²) < 4.78 is 0. The molecule has 144 valence electrons. The van der Waals surface area contributed by atoms with Crippen LogP contribution in [0.2, 0.25) is 0 Å². The molecule has 0 fully saturated rings. The lowest BCUT2D eigenvalue weighted by atomic mass is 10.0. The minimum atomic E-state index is 0.0785. The van der Waals surface area contributed by atoms with Crippen molar-refractivity contribution in [3.8, 4) is 11.8 Å². The fourth-order valence-corrected chi connectivity index (χ4v) is 3.91. The van der Waals surface area contributed by atoms with Crippen LogP contribution in [0.15, 0.2) is 82.6 Å². The molecule has 0 aliphatic rings. The number of hydrogen-bond donors (Lipinski definition) is 0.